The summed E-state index contributed by atoms with van der Waals surface area (Å²) in [5.74, 6) is -0.623. The van der Waals surface area contributed by atoms with Crippen molar-refractivity contribution in [2.45, 2.75) is 0 Å². The van der Waals surface area contributed by atoms with Crippen LogP contribution in [0.3, 0.4) is 0 Å². The Morgan fingerprint density at radius 1 is 0.913 bits per heavy atom. The minimum absolute atomic E-state index is 0.350. The number of carbonyl (C=O) groups is 2. The first-order valence-corrected chi connectivity index (χ1v) is 7.42. The molecule has 2 rings (SSSR count). The molecule has 0 bridgehead atoms. The Bertz CT molecular complexity index is 717. The summed E-state index contributed by atoms with van der Waals surface area (Å²) >= 11 is 3.30. The normalized spacial score (nSPS) is 9.87. The van der Waals surface area contributed by atoms with E-state index in [0.29, 0.717) is 22.9 Å². The van der Waals surface area contributed by atoms with Gasteiger partial charge in [0.25, 0.3) is 0 Å². The van der Waals surface area contributed by atoms with Gasteiger partial charge in [0.05, 0.1) is 19.9 Å². The van der Waals surface area contributed by atoms with E-state index in [1.165, 1.54) is 14.2 Å². The molecule has 0 fully saturated rings. The van der Waals surface area contributed by atoms with Crippen LogP contribution in [-0.2, 0) is 9.59 Å². The lowest BCUT2D eigenvalue weighted by molar-refractivity contribution is -0.133. The van der Waals surface area contributed by atoms with Crippen LogP contribution in [0, 0.1) is 0 Å². The molecule has 0 atom stereocenters. The highest BCUT2D eigenvalue weighted by Crippen LogP contribution is 2.28. The van der Waals surface area contributed by atoms with Gasteiger partial charge in [-0.25, -0.2) is 0 Å². The molecule has 2 N–H and O–H groups in total. The summed E-state index contributed by atoms with van der Waals surface area (Å²) in [7, 11) is 2.98. The zero-order valence-corrected chi connectivity index (χ0v) is 14.1. The summed E-state index contributed by atoms with van der Waals surface area (Å²) in [6.07, 6.45) is 0. The number of hydrogen-bond donors (Lipinski definition) is 2. The van der Waals surface area contributed by atoms with Gasteiger partial charge < -0.3 is 20.1 Å². The Morgan fingerprint density at radius 3 is 2.17 bits per heavy atom. The highest BCUT2D eigenvalue weighted by molar-refractivity contribution is 9.10. The van der Waals surface area contributed by atoms with Crippen molar-refractivity contribution in [3.05, 3.63) is 46.9 Å². The van der Waals surface area contributed by atoms with Crippen molar-refractivity contribution >= 4 is 39.1 Å². The number of benzene rings is 2. The van der Waals surface area contributed by atoms with Crippen molar-refractivity contribution in [1.29, 1.82) is 0 Å². The summed E-state index contributed by atoms with van der Waals surface area (Å²) in [5.41, 5.74) is 0.869. The van der Waals surface area contributed by atoms with E-state index in [4.69, 9.17) is 9.47 Å². The molecule has 0 aliphatic rings. The van der Waals surface area contributed by atoms with Crippen molar-refractivity contribution in [1.82, 2.24) is 0 Å². The van der Waals surface area contributed by atoms with Crippen LogP contribution in [0.5, 0.6) is 11.5 Å². The van der Waals surface area contributed by atoms with Gasteiger partial charge >= 0.3 is 11.8 Å². The molecule has 23 heavy (non-hydrogen) atoms. The number of ether oxygens (including phenoxy) is 2. The fourth-order valence-corrected chi connectivity index (χ4v) is 2.08. The Labute approximate surface area is 141 Å². The van der Waals surface area contributed by atoms with Gasteiger partial charge in [0, 0.05) is 16.2 Å². The van der Waals surface area contributed by atoms with Crippen molar-refractivity contribution in [3.8, 4) is 11.5 Å². The molecule has 0 aliphatic carbocycles. The number of rotatable bonds is 4. The molecule has 0 spiro atoms. The third-order valence-electron chi connectivity index (χ3n) is 2.96. The quantitative estimate of drug-likeness (QED) is 0.801. The second-order valence-corrected chi connectivity index (χ2v) is 5.40. The number of hydrogen-bond acceptors (Lipinski definition) is 4. The van der Waals surface area contributed by atoms with Crippen LogP contribution in [0.15, 0.2) is 46.9 Å². The molecule has 2 aromatic carbocycles. The molecular weight excluding hydrogens is 364 g/mol. The van der Waals surface area contributed by atoms with Gasteiger partial charge in [0.2, 0.25) is 0 Å². The average molecular weight is 379 g/mol. The molecule has 0 unspecified atom stereocenters. The number of halogens is 1. The minimum atomic E-state index is -0.806. The van der Waals surface area contributed by atoms with Crippen LogP contribution in [-0.4, -0.2) is 26.0 Å². The molecule has 0 saturated carbocycles. The van der Waals surface area contributed by atoms with Crippen molar-refractivity contribution in [2.75, 3.05) is 24.9 Å². The molecule has 2 aromatic rings. The van der Waals surface area contributed by atoms with Crippen LogP contribution >= 0.6 is 15.9 Å². The number of amides is 2. The maximum atomic E-state index is 12.0. The largest absolute Gasteiger partial charge is 0.497 e. The van der Waals surface area contributed by atoms with Gasteiger partial charge in [0.15, 0.2) is 0 Å². The standard InChI is InChI=1S/C16H15BrN2O4/c1-22-12-7-8-14(23-2)13(9-12)19-16(21)15(20)18-11-5-3-10(17)4-6-11/h3-9H,1-2H3,(H,18,20)(H,19,21). The number of anilines is 2. The molecule has 0 aliphatic heterocycles. The lowest BCUT2D eigenvalue weighted by Gasteiger charge is -2.11. The summed E-state index contributed by atoms with van der Waals surface area (Å²) in [4.78, 5) is 24.0. The van der Waals surface area contributed by atoms with Crippen molar-refractivity contribution in [2.24, 2.45) is 0 Å². The monoisotopic (exact) mass is 378 g/mol. The molecule has 120 valence electrons. The van der Waals surface area contributed by atoms with Crippen LogP contribution in [0.1, 0.15) is 0 Å². The van der Waals surface area contributed by atoms with E-state index in [9.17, 15) is 9.59 Å². The third kappa shape index (κ3) is 4.46. The van der Waals surface area contributed by atoms with Crippen LogP contribution in [0.25, 0.3) is 0 Å². The van der Waals surface area contributed by atoms with Gasteiger partial charge in [-0.2, -0.15) is 0 Å². The van der Waals surface area contributed by atoms with Gasteiger partial charge in [-0.3, -0.25) is 9.59 Å². The molecule has 0 heterocycles. The van der Waals surface area contributed by atoms with E-state index in [1.54, 1.807) is 42.5 Å². The van der Waals surface area contributed by atoms with E-state index in [0.717, 1.165) is 4.47 Å². The molecular formula is C16H15BrN2O4. The first kappa shape index (κ1) is 16.8. The Kier molecular flexibility index (Phi) is 5.59. The number of methoxy groups -OCH3 is 2. The second-order valence-electron chi connectivity index (χ2n) is 4.48. The van der Waals surface area contributed by atoms with Crippen LogP contribution < -0.4 is 20.1 Å². The number of nitrogens with one attached hydrogen (secondary N) is 2. The topological polar surface area (TPSA) is 76.7 Å². The van der Waals surface area contributed by atoms with Crippen molar-refractivity contribution < 1.29 is 19.1 Å². The SMILES string of the molecule is COc1ccc(OC)c(NC(=O)C(=O)Nc2ccc(Br)cc2)c1. The Hall–Kier alpha value is -2.54. The van der Waals surface area contributed by atoms with Gasteiger partial charge in [-0.1, -0.05) is 15.9 Å². The number of carbonyl (C=O) groups excluding carboxylic acids is 2. The van der Waals surface area contributed by atoms with Gasteiger partial charge in [0.1, 0.15) is 11.5 Å². The molecule has 6 nitrogen and oxygen atoms in total. The summed E-state index contributed by atoms with van der Waals surface area (Å²) < 4.78 is 11.1. The highest BCUT2D eigenvalue weighted by Gasteiger charge is 2.16. The maximum absolute atomic E-state index is 12.0. The van der Waals surface area contributed by atoms with E-state index in [1.807, 2.05) is 0 Å². The predicted molar refractivity (Wildman–Crippen MR) is 90.9 cm³/mol. The van der Waals surface area contributed by atoms with E-state index in [-0.39, 0.29) is 0 Å². The fraction of sp³-hybridized carbons (Fsp3) is 0.125. The highest BCUT2D eigenvalue weighted by atomic mass is 79.9. The maximum Gasteiger partial charge on any atom is 0.314 e. The van der Waals surface area contributed by atoms with Gasteiger partial charge in [-0.05, 0) is 36.4 Å². The lowest BCUT2D eigenvalue weighted by Crippen LogP contribution is -2.29. The van der Waals surface area contributed by atoms with E-state index >= 15 is 0 Å². The van der Waals surface area contributed by atoms with E-state index in [2.05, 4.69) is 26.6 Å². The second kappa shape index (κ2) is 7.64. The first-order chi connectivity index (χ1) is 11.0. The molecule has 2 amide bonds. The first-order valence-electron chi connectivity index (χ1n) is 6.63. The lowest BCUT2D eigenvalue weighted by atomic mass is 10.2. The summed E-state index contributed by atoms with van der Waals surface area (Å²) in [6.45, 7) is 0. The Morgan fingerprint density at radius 2 is 1.57 bits per heavy atom. The average Bonchev–Trinajstić information content (AvgIpc) is 2.56. The van der Waals surface area contributed by atoms with E-state index < -0.39 is 11.8 Å². The smallest absolute Gasteiger partial charge is 0.314 e. The van der Waals surface area contributed by atoms with Crippen LogP contribution in [0.4, 0.5) is 11.4 Å². The predicted octanol–water partition coefficient (Wildman–Crippen LogP) is 3.04. The molecule has 0 saturated heterocycles. The Balaban J connectivity index is 2.08. The molecule has 0 radical (unpaired) electrons. The molecule has 0 aromatic heterocycles. The summed E-state index contributed by atoms with van der Waals surface area (Å²) in [6, 6.07) is 11.8. The zero-order chi connectivity index (χ0) is 16.8. The van der Waals surface area contributed by atoms with Gasteiger partial charge in [-0.15, -0.1) is 0 Å². The summed E-state index contributed by atoms with van der Waals surface area (Å²) in [5, 5.41) is 5.01. The zero-order valence-electron chi connectivity index (χ0n) is 12.6. The van der Waals surface area contributed by atoms with Crippen molar-refractivity contribution in [3.63, 3.8) is 0 Å². The molecule has 7 heteroatoms. The van der Waals surface area contributed by atoms with Crippen LogP contribution in [0.2, 0.25) is 0 Å². The minimum Gasteiger partial charge on any atom is -0.497 e. The third-order valence-corrected chi connectivity index (χ3v) is 3.49. The fourth-order valence-electron chi connectivity index (χ4n) is 1.81.